The van der Waals surface area contributed by atoms with Crippen LogP contribution in [0.5, 0.6) is 0 Å². The summed E-state index contributed by atoms with van der Waals surface area (Å²) in [4.78, 5) is 18.8. The molecule has 0 aromatic rings. The van der Waals surface area contributed by atoms with Crippen LogP contribution in [0.4, 0.5) is 4.79 Å². The van der Waals surface area contributed by atoms with Gasteiger partial charge in [0.25, 0.3) is 0 Å². The smallest absolute Gasteiger partial charge is 0.407 e. The van der Waals surface area contributed by atoms with E-state index in [4.69, 9.17) is 14.5 Å². The molecule has 7 nitrogen and oxygen atoms in total. The molecule has 178 valence electrons. The first kappa shape index (κ1) is 29.2. The van der Waals surface area contributed by atoms with Crippen molar-refractivity contribution in [2.24, 2.45) is 10.9 Å². The molecule has 0 spiro atoms. The number of piperidine rings is 1. The van der Waals surface area contributed by atoms with Crippen LogP contribution in [0.1, 0.15) is 73.6 Å². The lowest BCUT2D eigenvalue weighted by atomic mass is 10.0. The Morgan fingerprint density at radius 2 is 1.77 bits per heavy atom. The molecule has 1 rings (SSSR count). The topological polar surface area (TPSA) is 75.2 Å². The zero-order valence-electron chi connectivity index (χ0n) is 20.0. The van der Waals surface area contributed by atoms with Crippen LogP contribution in [0.15, 0.2) is 4.99 Å². The summed E-state index contributed by atoms with van der Waals surface area (Å²) in [5, 5.41) is 6.21. The van der Waals surface area contributed by atoms with Gasteiger partial charge in [-0.1, -0.05) is 26.7 Å². The molecule has 0 aromatic carbocycles. The Labute approximate surface area is 201 Å². The van der Waals surface area contributed by atoms with Crippen LogP contribution < -0.4 is 10.6 Å². The van der Waals surface area contributed by atoms with Gasteiger partial charge in [-0.25, -0.2) is 4.79 Å². The Morgan fingerprint density at radius 1 is 1.13 bits per heavy atom. The number of likely N-dealkylation sites (tertiary alicyclic amines) is 1. The number of rotatable bonds is 10. The summed E-state index contributed by atoms with van der Waals surface area (Å²) >= 11 is 0. The highest BCUT2D eigenvalue weighted by Crippen LogP contribution is 2.15. The number of guanidine groups is 1. The van der Waals surface area contributed by atoms with Gasteiger partial charge in [0.15, 0.2) is 5.96 Å². The maximum Gasteiger partial charge on any atom is 0.407 e. The Bertz CT molecular complexity index is 485. The molecule has 1 aliphatic heterocycles. The van der Waals surface area contributed by atoms with E-state index in [-0.39, 0.29) is 36.2 Å². The van der Waals surface area contributed by atoms with Crippen LogP contribution in [0, 0.1) is 5.92 Å². The number of halogens is 1. The predicted molar refractivity (Wildman–Crippen MR) is 135 cm³/mol. The third kappa shape index (κ3) is 12.8. The first-order valence-electron chi connectivity index (χ1n) is 11.4. The van der Waals surface area contributed by atoms with Gasteiger partial charge in [-0.3, -0.25) is 4.99 Å². The van der Waals surface area contributed by atoms with Crippen molar-refractivity contribution in [3.63, 3.8) is 0 Å². The number of ether oxygens (including phenoxy) is 2. The van der Waals surface area contributed by atoms with E-state index in [1.54, 1.807) is 0 Å². The molecular formula is C22H45IN4O3. The molecule has 0 atom stereocenters. The van der Waals surface area contributed by atoms with E-state index in [1.807, 2.05) is 20.8 Å². The van der Waals surface area contributed by atoms with Gasteiger partial charge >= 0.3 is 6.09 Å². The highest BCUT2D eigenvalue weighted by Gasteiger charge is 2.22. The second-order valence-corrected chi connectivity index (χ2v) is 8.72. The van der Waals surface area contributed by atoms with Gasteiger partial charge in [0, 0.05) is 39.3 Å². The van der Waals surface area contributed by atoms with E-state index in [2.05, 4.69) is 36.3 Å². The van der Waals surface area contributed by atoms with Gasteiger partial charge in [0.1, 0.15) is 5.60 Å². The molecule has 30 heavy (non-hydrogen) atoms. The van der Waals surface area contributed by atoms with Gasteiger partial charge in [0.05, 0.1) is 6.10 Å². The van der Waals surface area contributed by atoms with Gasteiger partial charge in [-0.05, 0) is 52.9 Å². The SMILES string of the molecule is CCNC(=NCC(CC)CC)N1CCC(OCCCNC(=O)OC(C)(C)C)CC1.I. The molecule has 0 radical (unpaired) electrons. The molecular weight excluding hydrogens is 495 g/mol. The molecule has 1 heterocycles. The van der Waals surface area contributed by atoms with Crippen LogP contribution in [0.2, 0.25) is 0 Å². The number of hydrogen-bond acceptors (Lipinski definition) is 4. The molecule has 0 unspecified atom stereocenters. The lowest BCUT2D eigenvalue weighted by Gasteiger charge is -2.34. The highest BCUT2D eigenvalue weighted by atomic mass is 127. The Kier molecular flexibility index (Phi) is 15.5. The summed E-state index contributed by atoms with van der Waals surface area (Å²) < 4.78 is 11.2. The molecule has 1 fully saturated rings. The average molecular weight is 541 g/mol. The molecule has 0 aliphatic carbocycles. The number of nitrogens with one attached hydrogen (secondary N) is 2. The van der Waals surface area contributed by atoms with Crippen molar-refractivity contribution in [3.05, 3.63) is 0 Å². The normalized spacial score (nSPS) is 15.7. The Hall–Kier alpha value is -0.770. The van der Waals surface area contributed by atoms with Crippen molar-refractivity contribution in [1.82, 2.24) is 15.5 Å². The lowest BCUT2D eigenvalue weighted by Crippen LogP contribution is -2.47. The van der Waals surface area contributed by atoms with Crippen molar-refractivity contribution in [2.45, 2.75) is 85.4 Å². The first-order chi connectivity index (χ1) is 13.8. The lowest BCUT2D eigenvalue weighted by molar-refractivity contribution is 0.0170. The van der Waals surface area contributed by atoms with E-state index in [1.165, 1.54) is 12.8 Å². The molecule has 1 aliphatic rings. The first-order valence-corrected chi connectivity index (χ1v) is 11.4. The monoisotopic (exact) mass is 540 g/mol. The maximum atomic E-state index is 11.6. The van der Waals surface area contributed by atoms with Crippen LogP contribution >= 0.6 is 24.0 Å². The maximum absolute atomic E-state index is 11.6. The number of aliphatic imine (C=N–C) groups is 1. The van der Waals surface area contributed by atoms with Crippen LogP contribution in [-0.4, -0.2) is 68.0 Å². The van der Waals surface area contributed by atoms with Gasteiger partial charge in [-0.2, -0.15) is 0 Å². The number of amides is 1. The van der Waals surface area contributed by atoms with Crippen LogP contribution in [0.25, 0.3) is 0 Å². The number of nitrogens with zero attached hydrogens (tertiary/aromatic N) is 2. The zero-order valence-corrected chi connectivity index (χ0v) is 22.3. The quantitative estimate of drug-likeness (QED) is 0.186. The summed E-state index contributed by atoms with van der Waals surface area (Å²) in [5.74, 6) is 1.71. The zero-order chi connectivity index (χ0) is 21.7. The molecule has 0 saturated carbocycles. The fraction of sp³-hybridized carbons (Fsp3) is 0.909. The van der Waals surface area contributed by atoms with Crippen molar-refractivity contribution in [3.8, 4) is 0 Å². The Balaban J connectivity index is 0.00000841. The Morgan fingerprint density at radius 3 is 2.30 bits per heavy atom. The average Bonchev–Trinajstić information content (AvgIpc) is 2.67. The standard InChI is InChI=1S/C22H44N4O3.HI/c1-7-18(8-2)17-25-20(23-9-3)26-14-11-19(12-15-26)28-16-10-13-24-21(27)29-22(4,5)6;/h18-19H,7-17H2,1-6H3,(H,23,25)(H,24,27);1H. The molecule has 1 amide bonds. The van der Waals surface area contributed by atoms with E-state index < -0.39 is 5.60 Å². The van der Waals surface area contributed by atoms with Crippen molar-refractivity contribution in [1.29, 1.82) is 0 Å². The van der Waals surface area contributed by atoms with E-state index >= 15 is 0 Å². The van der Waals surface area contributed by atoms with Crippen LogP contribution in [-0.2, 0) is 9.47 Å². The summed E-state index contributed by atoms with van der Waals surface area (Å²) in [5.41, 5.74) is -0.461. The molecule has 0 bridgehead atoms. The summed E-state index contributed by atoms with van der Waals surface area (Å²) in [6.07, 6.45) is 5.09. The second-order valence-electron chi connectivity index (χ2n) is 8.72. The molecule has 8 heteroatoms. The minimum atomic E-state index is -0.461. The molecule has 1 saturated heterocycles. The number of hydrogen-bond donors (Lipinski definition) is 2. The fourth-order valence-corrected chi connectivity index (χ4v) is 3.25. The second kappa shape index (κ2) is 15.9. The fourth-order valence-electron chi connectivity index (χ4n) is 3.25. The van der Waals surface area contributed by atoms with E-state index in [0.717, 1.165) is 51.4 Å². The third-order valence-electron chi connectivity index (χ3n) is 5.07. The van der Waals surface area contributed by atoms with E-state index in [0.29, 0.717) is 19.1 Å². The predicted octanol–water partition coefficient (Wildman–Crippen LogP) is 4.40. The van der Waals surface area contributed by atoms with Gasteiger partial charge in [0.2, 0.25) is 0 Å². The van der Waals surface area contributed by atoms with Crippen molar-refractivity contribution in [2.75, 3.05) is 39.3 Å². The largest absolute Gasteiger partial charge is 0.444 e. The highest BCUT2D eigenvalue weighted by molar-refractivity contribution is 14.0. The van der Waals surface area contributed by atoms with Crippen LogP contribution in [0.3, 0.4) is 0 Å². The molecule has 0 aromatic heterocycles. The number of carbonyl (C=O) groups excluding carboxylic acids is 1. The summed E-state index contributed by atoms with van der Waals surface area (Å²) in [6, 6.07) is 0. The van der Waals surface area contributed by atoms with E-state index in [9.17, 15) is 4.79 Å². The minimum absolute atomic E-state index is 0. The number of alkyl carbamates (subject to hydrolysis) is 1. The summed E-state index contributed by atoms with van der Waals surface area (Å²) in [7, 11) is 0. The van der Waals surface area contributed by atoms with Crippen molar-refractivity contribution < 1.29 is 14.3 Å². The van der Waals surface area contributed by atoms with Crippen molar-refractivity contribution >= 4 is 36.0 Å². The van der Waals surface area contributed by atoms with Gasteiger partial charge < -0.3 is 25.0 Å². The third-order valence-corrected chi connectivity index (χ3v) is 5.07. The molecule has 2 N–H and O–H groups in total. The minimum Gasteiger partial charge on any atom is -0.444 e. The number of carbonyl (C=O) groups is 1. The summed E-state index contributed by atoms with van der Waals surface area (Å²) in [6.45, 7) is 17.1. The van der Waals surface area contributed by atoms with Gasteiger partial charge in [-0.15, -0.1) is 24.0 Å².